The second kappa shape index (κ2) is 4.31. The van der Waals surface area contributed by atoms with Gasteiger partial charge in [-0.25, -0.2) is 13.8 Å². The highest BCUT2D eigenvalue weighted by Crippen LogP contribution is 2.23. The number of fused-ring (bicyclic) bond motifs is 1. The molecule has 0 amide bonds. The van der Waals surface area contributed by atoms with Gasteiger partial charge in [0.05, 0.1) is 5.52 Å². The molecule has 0 unspecified atom stereocenters. The number of nitrogens with two attached hydrogens (primary N) is 1. The Bertz CT molecular complexity index is 546. The molecule has 92 valence electrons. The van der Waals surface area contributed by atoms with Crippen LogP contribution in [0.1, 0.15) is 20.3 Å². The van der Waals surface area contributed by atoms with Gasteiger partial charge < -0.3 is 10.3 Å². The quantitative estimate of drug-likeness (QED) is 0.894. The van der Waals surface area contributed by atoms with E-state index in [0.29, 0.717) is 18.0 Å². The van der Waals surface area contributed by atoms with E-state index in [9.17, 15) is 8.78 Å². The van der Waals surface area contributed by atoms with E-state index >= 15 is 0 Å². The van der Waals surface area contributed by atoms with Crippen LogP contribution in [-0.2, 0) is 6.54 Å². The molecule has 0 fully saturated rings. The van der Waals surface area contributed by atoms with E-state index in [1.807, 2.05) is 0 Å². The summed E-state index contributed by atoms with van der Waals surface area (Å²) in [6, 6.07) is 2.51. The molecule has 0 spiro atoms. The van der Waals surface area contributed by atoms with Crippen LogP contribution in [0.2, 0.25) is 0 Å². The van der Waals surface area contributed by atoms with Crippen LogP contribution in [0, 0.1) is 17.6 Å². The number of benzene rings is 1. The van der Waals surface area contributed by atoms with Gasteiger partial charge in [0, 0.05) is 6.54 Å². The number of rotatable bonds is 3. The van der Waals surface area contributed by atoms with Crippen LogP contribution in [0.3, 0.4) is 0 Å². The van der Waals surface area contributed by atoms with Gasteiger partial charge in [0.2, 0.25) is 5.95 Å². The Balaban J connectivity index is 2.53. The number of nitrogens with zero attached hydrogens (tertiary/aromatic N) is 2. The first-order valence-corrected chi connectivity index (χ1v) is 5.60. The predicted molar refractivity (Wildman–Crippen MR) is 63.5 cm³/mol. The Morgan fingerprint density at radius 1 is 1.35 bits per heavy atom. The van der Waals surface area contributed by atoms with Crippen molar-refractivity contribution in [2.75, 3.05) is 5.73 Å². The Morgan fingerprint density at radius 2 is 2.06 bits per heavy atom. The molecule has 0 bridgehead atoms. The monoisotopic (exact) mass is 239 g/mol. The first kappa shape index (κ1) is 11.8. The van der Waals surface area contributed by atoms with Gasteiger partial charge in [0.15, 0.2) is 11.6 Å². The van der Waals surface area contributed by atoms with E-state index in [1.165, 1.54) is 10.6 Å². The summed E-state index contributed by atoms with van der Waals surface area (Å²) >= 11 is 0. The molecule has 0 aliphatic carbocycles. The van der Waals surface area contributed by atoms with Gasteiger partial charge in [-0.3, -0.25) is 0 Å². The third-order valence-electron chi connectivity index (χ3n) is 2.76. The minimum Gasteiger partial charge on any atom is -0.369 e. The van der Waals surface area contributed by atoms with Gasteiger partial charge in [-0.05, 0) is 24.5 Å². The molecular weight excluding hydrogens is 224 g/mol. The van der Waals surface area contributed by atoms with Crippen molar-refractivity contribution < 1.29 is 8.78 Å². The molecule has 2 rings (SSSR count). The molecule has 1 heterocycles. The molecule has 0 saturated heterocycles. The highest BCUT2D eigenvalue weighted by atomic mass is 19.2. The first-order chi connectivity index (χ1) is 8.00. The number of aromatic nitrogens is 2. The van der Waals surface area contributed by atoms with Crippen molar-refractivity contribution in [3.8, 4) is 0 Å². The smallest absolute Gasteiger partial charge is 0.201 e. The number of nitrogen functional groups attached to an aromatic ring is 1. The molecule has 0 atom stereocenters. The van der Waals surface area contributed by atoms with E-state index in [0.717, 1.165) is 12.5 Å². The van der Waals surface area contributed by atoms with Crippen LogP contribution in [0.25, 0.3) is 11.0 Å². The fraction of sp³-hybridized carbons (Fsp3) is 0.417. The summed E-state index contributed by atoms with van der Waals surface area (Å²) < 4.78 is 28.4. The van der Waals surface area contributed by atoms with Crippen LogP contribution < -0.4 is 5.73 Å². The first-order valence-electron chi connectivity index (χ1n) is 5.60. The molecule has 3 nitrogen and oxygen atoms in total. The second-order valence-electron chi connectivity index (χ2n) is 4.53. The fourth-order valence-corrected chi connectivity index (χ4v) is 1.79. The molecule has 2 N–H and O–H groups in total. The van der Waals surface area contributed by atoms with Crippen molar-refractivity contribution in [2.24, 2.45) is 5.92 Å². The summed E-state index contributed by atoms with van der Waals surface area (Å²) in [6.07, 6.45) is 0.839. The zero-order chi connectivity index (χ0) is 12.6. The minimum absolute atomic E-state index is 0.156. The molecule has 0 radical (unpaired) electrons. The van der Waals surface area contributed by atoms with Crippen LogP contribution in [0.15, 0.2) is 12.1 Å². The summed E-state index contributed by atoms with van der Waals surface area (Å²) in [6.45, 7) is 4.67. The number of aryl methyl sites for hydroxylation is 1. The standard InChI is InChI=1S/C12H15F2N3/c1-7(2)5-6-17-11-9(16-12(17)15)4-3-8(13)10(11)14/h3-4,7H,5-6H2,1-2H3,(H2,15,16). The van der Waals surface area contributed by atoms with Crippen molar-refractivity contribution in [1.29, 1.82) is 0 Å². The summed E-state index contributed by atoms with van der Waals surface area (Å²) in [5, 5.41) is 0. The van der Waals surface area contributed by atoms with E-state index < -0.39 is 11.6 Å². The van der Waals surface area contributed by atoms with Crippen molar-refractivity contribution >= 4 is 17.0 Å². The molecular formula is C12H15F2N3. The summed E-state index contributed by atoms with van der Waals surface area (Å²) in [5.41, 5.74) is 6.27. The minimum atomic E-state index is -0.879. The number of hydrogen-bond donors (Lipinski definition) is 1. The topological polar surface area (TPSA) is 43.8 Å². The lowest BCUT2D eigenvalue weighted by molar-refractivity contribution is 0.499. The van der Waals surface area contributed by atoms with Gasteiger partial charge in [-0.15, -0.1) is 0 Å². The Kier molecular flexibility index (Phi) is 3.00. The normalized spacial score (nSPS) is 11.6. The lowest BCUT2D eigenvalue weighted by atomic mass is 10.1. The maximum atomic E-state index is 13.7. The maximum Gasteiger partial charge on any atom is 0.201 e. The SMILES string of the molecule is CC(C)CCn1c(N)nc2ccc(F)c(F)c21. The molecule has 0 aliphatic heterocycles. The summed E-state index contributed by atoms with van der Waals surface area (Å²) in [7, 11) is 0. The average Bonchev–Trinajstić information content (AvgIpc) is 2.58. The van der Waals surface area contributed by atoms with Gasteiger partial charge in [0.1, 0.15) is 5.52 Å². The van der Waals surface area contributed by atoms with Gasteiger partial charge in [0.25, 0.3) is 0 Å². The summed E-state index contributed by atoms with van der Waals surface area (Å²) in [5.74, 6) is -1.06. The second-order valence-corrected chi connectivity index (χ2v) is 4.53. The van der Waals surface area contributed by atoms with Crippen molar-refractivity contribution in [3.05, 3.63) is 23.8 Å². The van der Waals surface area contributed by atoms with E-state index in [1.54, 1.807) is 0 Å². The Hall–Kier alpha value is -1.65. The van der Waals surface area contributed by atoms with Gasteiger partial charge in [-0.2, -0.15) is 0 Å². The largest absolute Gasteiger partial charge is 0.369 e. The van der Waals surface area contributed by atoms with Crippen LogP contribution in [0.4, 0.5) is 14.7 Å². The maximum absolute atomic E-state index is 13.7. The zero-order valence-corrected chi connectivity index (χ0v) is 9.87. The molecule has 0 saturated carbocycles. The highest BCUT2D eigenvalue weighted by molar-refractivity contribution is 5.79. The Morgan fingerprint density at radius 3 is 2.71 bits per heavy atom. The number of halogens is 2. The Labute approximate surface area is 98.2 Å². The summed E-state index contributed by atoms with van der Waals surface area (Å²) in [4.78, 5) is 4.03. The lowest BCUT2D eigenvalue weighted by Gasteiger charge is -2.09. The van der Waals surface area contributed by atoms with Crippen LogP contribution >= 0.6 is 0 Å². The molecule has 1 aromatic heterocycles. The highest BCUT2D eigenvalue weighted by Gasteiger charge is 2.15. The van der Waals surface area contributed by atoms with Crippen molar-refractivity contribution in [2.45, 2.75) is 26.8 Å². The van der Waals surface area contributed by atoms with E-state index in [2.05, 4.69) is 18.8 Å². The van der Waals surface area contributed by atoms with Crippen LogP contribution in [0.5, 0.6) is 0 Å². The fourth-order valence-electron chi connectivity index (χ4n) is 1.79. The molecule has 2 aromatic rings. The molecule has 17 heavy (non-hydrogen) atoms. The number of anilines is 1. The van der Waals surface area contributed by atoms with Gasteiger partial charge >= 0.3 is 0 Å². The van der Waals surface area contributed by atoms with E-state index in [-0.39, 0.29) is 11.5 Å². The number of imidazole rings is 1. The molecule has 5 heteroatoms. The number of hydrogen-bond acceptors (Lipinski definition) is 2. The van der Waals surface area contributed by atoms with Crippen LogP contribution in [-0.4, -0.2) is 9.55 Å². The van der Waals surface area contributed by atoms with Gasteiger partial charge in [-0.1, -0.05) is 13.8 Å². The third kappa shape index (κ3) is 2.09. The van der Waals surface area contributed by atoms with E-state index in [4.69, 9.17) is 5.73 Å². The predicted octanol–water partition coefficient (Wildman–Crippen LogP) is 2.94. The zero-order valence-electron chi connectivity index (χ0n) is 9.87. The lowest BCUT2D eigenvalue weighted by Crippen LogP contribution is -2.06. The van der Waals surface area contributed by atoms with Crippen molar-refractivity contribution in [3.63, 3.8) is 0 Å². The molecule has 1 aromatic carbocycles. The van der Waals surface area contributed by atoms with Crippen molar-refractivity contribution in [1.82, 2.24) is 9.55 Å². The average molecular weight is 239 g/mol. The third-order valence-corrected chi connectivity index (χ3v) is 2.76. The molecule has 0 aliphatic rings.